The lowest BCUT2D eigenvalue weighted by Gasteiger charge is -2.09. The van der Waals surface area contributed by atoms with E-state index in [1.54, 1.807) is 0 Å². The average Bonchev–Trinajstić information content (AvgIpc) is 2.81. The van der Waals surface area contributed by atoms with Gasteiger partial charge in [0.2, 0.25) is 5.78 Å². The molecule has 2 nitrogen and oxygen atoms in total. The number of carbonyl (C=O) groups is 1. The summed E-state index contributed by atoms with van der Waals surface area (Å²) in [6.45, 7) is 2.04. The van der Waals surface area contributed by atoms with Gasteiger partial charge in [-0.05, 0) is 56.4 Å². The lowest BCUT2D eigenvalue weighted by molar-refractivity contribution is 0.100. The number of hydrogen-bond acceptors (Lipinski definition) is 2. The Kier molecular flexibility index (Phi) is 2.78. The maximum absolute atomic E-state index is 12.3. The Balaban J connectivity index is 1.98. The van der Waals surface area contributed by atoms with Gasteiger partial charge in [-0.3, -0.25) is 4.79 Å². The van der Waals surface area contributed by atoms with Crippen LogP contribution in [0.1, 0.15) is 41.8 Å². The van der Waals surface area contributed by atoms with Crippen molar-refractivity contribution < 1.29 is 9.21 Å². The topological polar surface area (TPSA) is 30.2 Å². The highest BCUT2D eigenvalue weighted by Gasteiger charge is 2.18. The molecule has 3 rings (SSSR count). The number of benzene rings is 1. The van der Waals surface area contributed by atoms with Crippen molar-refractivity contribution in [2.24, 2.45) is 0 Å². The first-order chi connectivity index (χ1) is 8.74. The molecule has 0 saturated heterocycles. The third kappa shape index (κ3) is 1.99. The second kappa shape index (κ2) is 4.45. The zero-order valence-electron chi connectivity index (χ0n) is 10.5. The zero-order valence-corrected chi connectivity index (χ0v) is 10.5. The van der Waals surface area contributed by atoms with Crippen molar-refractivity contribution in [3.63, 3.8) is 0 Å². The highest BCUT2D eigenvalue weighted by molar-refractivity contribution is 6.08. The molecular weight excluding hydrogens is 224 g/mol. The third-order valence-electron chi connectivity index (χ3n) is 3.48. The summed E-state index contributed by atoms with van der Waals surface area (Å²) in [4.78, 5) is 12.3. The fraction of sp³-hybridized carbons (Fsp3) is 0.312. The van der Waals surface area contributed by atoms with Crippen molar-refractivity contribution in [2.75, 3.05) is 0 Å². The van der Waals surface area contributed by atoms with Crippen LogP contribution in [-0.4, -0.2) is 5.78 Å². The molecule has 1 heterocycles. The van der Waals surface area contributed by atoms with E-state index in [-0.39, 0.29) is 5.78 Å². The predicted molar refractivity (Wildman–Crippen MR) is 71.8 cm³/mol. The second-order valence-corrected chi connectivity index (χ2v) is 4.96. The van der Waals surface area contributed by atoms with Crippen LogP contribution in [0.15, 0.2) is 40.3 Å². The van der Waals surface area contributed by atoms with Gasteiger partial charge in [-0.25, -0.2) is 0 Å². The van der Waals surface area contributed by atoms with Gasteiger partial charge in [0.1, 0.15) is 5.58 Å². The first-order valence-corrected chi connectivity index (χ1v) is 6.48. The normalized spacial score (nSPS) is 15.7. The first kappa shape index (κ1) is 11.3. The lowest BCUT2D eigenvalue weighted by atomic mass is 9.95. The highest BCUT2D eigenvalue weighted by atomic mass is 16.3. The average molecular weight is 240 g/mol. The van der Waals surface area contributed by atoms with Crippen LogP contribution in [0.5, 0.6) is 0 Å². The van der Waals surface area contributed by atoms with Gasteiger partial charge >= 0.3 is 0 Å². The molecular formula is C16H16O2. The Labute approximate surface area is 106 Å². The van der Waals surface area contributed by atoms with Crippen molar-refractivity contribution in [2.45, 2.75) is 32.6 Å². The molecule has 0 saturated carbocycles. The molecule has 0 atom stereocenters. The largest absolute Gasteiger partial charge is 0.453 e. The van der Waals surface area contributed by atoms with Gasteiger partial charge < -0.3 is 4.42 Å². The van der Waals surface area contributed by atoms with E-state index < -0.39 is 0 Å². The van der Waals surface area contributed by atoms with E-state index in [9.17, 15) is 4.79 Å². The highest BCUT2D eigenvalue weighted by Crippen LogP contribution is 2.26. The van der Waals surface area contributed by atoms with Crippen molar-refractivity contribution in [1.82, 2.24) is 0 Å². The SMILES string of the molecule is Cc1ccc2oc(C(=O)C3=CCCCC3)cc2c1. The molecule has 0 N–H and O–H groups in total. The maximum atomic E-state index is 12.3. The molecule has 1 aromatic carbocycles. The standard InChI is InChI=1S/C16H16O2/c1-11-7-8-14-13(9-11)10-15(18-14)16(17)12-5-3-2-4-6-12/h5,7-10H,2-4,6H2,1H3. The Hall–Kier alpha value is -1.83. The van der Waals surface area contributed by atoms with E-state index in [1.165, 1.54) is 12.0 Å². The number of allylic oxidation sites excluding steroid dienone is 2. The quantitative estimate of drug-likeness (QED) is 0.727. The summed E-state index contributed by atoms with van der Waals surface area (Å²) < 4.78 is 5.65. The smallest absolute Gasteiger partial charge is 0.223 e. The van der Waals surface area contributed by atoms with Crippen LogP contribution < -0.4 is 0 Å². The lowest BCUT2D eigenvalue weighted by Crippen LogP contribution is -2.05. The van der Waals surface area contributed by atoms with Crippen LogP contribution in [0.4, 0.5) is 0 Å². The van der Waals surface area contributed by atoms with Crippen LogP contribution in [0.2, 0.25) is 0 Å². The molecule has 2 aromatic rings. The number of hydrogen-bond donors (Lipinski definition) is 0. The molecule has 0 fully saturated rings. The predicted octanol–water partition coefficient (Wildman–Crippen LogP) is 4.42. The van der Waals surface area contributed by atoms with E-state index in [2.05, 4.69) is 6.08 Å². The Morgan fingerprint density at radius 2 is 2.11 bits per heavy atom. The van der Waals surface area contributed by atoms with Gasteiger partial charge in [-0.2, -0.15) is 0 Å². The molecule has 1 aliphatic rings. The van der Waals surface area contributed by atoms with E-state index in [0.717, 1.165) is 35.8 Å². The van der Waals surface area contributed by atoms with Crippen molar-refractivity contribution in [1.29, 1.82) is 0 Å². The maximum Gasteiger partial charge on any atom is 0.223 e. The number of rotatable bonds is 2. The van der Waals surface area contributed by atoms with Gasteiger partial charge in [0.05, 0.1) is 0 Å². The van der Waals surface area contributed by atoms with Gasteiger partial charge in [-0.1, -0.05) is 17.7 Å². The minimum atomic E-state index is 0.0588. The van der Waals surface area contributed by atoms with Crippen LogP contribution in [0.3, 0.4) is 0 Å². The molecule has 0 bridgehead atoms. The van der Waals surface area contributed by atoms with E-state index in [0.29, 0.717) is 5.76 Å². The number of furan rings is 1. The van der Waals surface area contributed by atoms with Crippen molar-refractivity contribution in [3.05, 3.63) is 47.2 Å². The van der Waals surface area contributed by atoms with E-state index in [4.69, 9.17) is 4.42 Å². The summed E-state index contributed by atoms with van der Waals surface area (Å²) >= 11 is 0. The summed E-state index contributed by atoms with van der Waals surface area (Å²) in [6.07, 6.45) is 6.26. The molecule has 2 heteroatoms. The molecule has 0 radical (unpaired) electrons. The Morgan fingerprint density at radius 3 is 2.89 bits per heavy atom. The molecule has 0 aliphatic heterocycles. The third-order valence-corrected chi connectivity index (χ3v) is 3.48. The van der Waals surface area contributed by atoms with E-state index >= 15 is 0 Å². The Bertz CT molecular complexity index is 632. The van der Waals surface area contributed by atoms with Crippen LogP contribution in [-0.2, 0) is 0 Å². The summed E-state index contributed by atoms with van der Waals surface area (Å²) in [5.74, 6) is 0.535. The molecule has 92 valence electrons. The zero-order chi connectivity index (χ0) is 12.5. The molecule has 18 heavy (non-hydrogen) atoms. The number of fused-ring (bicyclic) bond motifs is 1. The molecule has 0 amide bonds. The molecule has 0 unspecified atom stereocenters. The van der Waals surface area contributed by atoms with Crippen molar-refractivity contribution in [3.8, 4) is 0 Å². The second-order valence-electron chi connectivity index (χ2n) is 4.96. The monoisotopic (exact) mass is 240 g/mol. The number of aryl methyl sites for hydroxylation is 1. The number of Topliss-reactive ketones (excluding diaryl/α,β-unsaturated/α-hetero) is 1. The summed E-state index contributed by atoms with van der Waals surface area (Å²) in [5.41, 5.74) is 2.89. The number of carbonyl (C=O) groups excluding carboxylic acids is 1. The minimum Gasteiger partial charge on any atom is -0.453 e. The summed E-state index contributed by atoms with van der Waals surface area (Å²) in [6, 6.07) is 7.83. The summed E-state index contributed by atoms with van der Waals surface area (Å²) in [7, 11) is 0. The van der Waals surface area contributed by atoms with E-state index in [1.807, 2.05) is 31.2 Å². The van der Waals surface area contributed by atoms with Gasteiger partial charge in [0.25, 0.3) is 0 Å². The fourth-order valence-electron chi connectivity index (χ4n) is 2.48. The van der Waals surface area contributed by atoms with Crippen molar-refractivity contribution >= 4 is 16.8 Å². The molecule has 1 aromatic heterocycles. The van der Waals surface area contributed by atoms with Gasteiger partial charge in [0.15, 0.2) is 5.76 Å². The van der Waals surface area contributed by atoms with Crippen LogP contribution in [0.25, 0.3) is 11.0 Å². The number of ketones is 1. The summed E-state index contributed by atoms with van der Waals surface area (Å²) in [5, 5.41) is 1.01. The molecule has 0 spiro atoms. The first-order valence-electron chi connectivity index (χ1n) is 6.48. The van der Waals surface area contributed by atoms with Crippen LogP contribution in [0, 0.1) is 6.92 Å². The fourth-order valence-corrected chi connectivity index (χ4v) is 2.48. The Morgan fingerprint density at radius 1 is 1.22 bits per heavy atom. The van der Waals surface area contributed by atoms with Gasteiger partial charge in [0, 0.05) is 5.39 Å². The van der Waals surface area contributed by atoms with Crippen LogP contribution >= 0.6 is 0 Å². The molecule has 1 aliphatic carbocycles. The minimum absolute atomic E-state index is 0.0588. The van der Waals surface area contributed by atoms with Gasteiger partial charge in [-0.15, -0.1) is 0 Å².